The molecule has 0 aliphatic heterocycles. The first-order chi connectivity index (χ1) is 12.0. The Morgan fingerprint density at radius 2 is 1.68 bits per heavy atom. The molecule has 2 aromatic carbocycles. The number of ether oxygens (including phenoxy) is 1. The summed E-state index contributed by atoms with van der Waals surface area (Å²) >= 11 is 0. The molecule has 2 N–H and O–H groups in total. The Bertz CT molecular complexity index is 774. The summed E-state index contributed by atoms with van der Waals surface area (Å²) in [6, 6.07) is 11.7. The summed E-state index contributed by atoms with van der Waals surface area (Å²) in [7, 11) is 0. The van der Waals surface area contributed by atoms with E-state index in [9.17, 15) is 19.7 Å². The molecule has 0 aromatic heterocycles. The molecule has 25 heavy (non-hydrogen) atoms. The molecule has 0 aliphatic rings. The number of nitrogens with zero attached hydrogens (tertiary/aromatic N) is 1. The van der Waals surface area contributed by atoms with Crippen LogP contribution in [0.25, 0.3) is 0 Å². The van der Waals surface area contributed by atoms with Crippen molar-refractivity contribution in [1.82, 2.24) is 10.9 Å². The lowest BCUT2D eigenvalue weighted by Gasteiger charge is -2.08. The summed E-state index contributed by atoms with van der Waals surface area (Å²) in [6.07, 6.45) is 0.881. The van der Waals surface area contributed by atoms with Crippen LogP contribution in [-0.4, -0.2) is 23.3 Å². The predicted octanol–water partition coefficient (Wildman–Crippen LogP) is 2.46. The molecule has 0 heterocycles. The van der Waals surface area contributed by atoms with E-state index in [-0.39, 0.29) is 11.3 Å². The maximum Gasteiger partial charge on any atom is 0.270 e. The van der Waals surface area contributed by atoms with Gasteiger partial charge in [-0.3, -0.25) is 30.6 Å². The molecule has 2 amide bonds. The van der Waals surface area contributed by atoms with Crippen molar-refractivity contribution in [3.8, 4) is 5.75 Å². The van der Waals surface area contributed by atoms with Crippen LogP contribution in [0.2, 0.25) is 0 Å². The average Bonchev–Trinajstić information content (AvgIpc) is 2.64. The Labute approximate surface area is 143 Å². The first-order valence-corrected chi connectivity index (χ1v) is 7.59. The molecule has 0 fully saturated rings. The van der Waals surface area contributed by atoms with Crippen molar-refractivity contribution in [3.05, 3.63) is 69.8 Å². The van der Waals surface area contributed by atoms with Gasteiger partial charge >= 0.3 is 0 Å². The SMILES string of the molecule is CCCOc1ccc(C(=O)NNC(=O)c2cccc([N+](=O)[O-])c2)cc1. The minimum Gasteiger partial charge on any atom is -0.494 e. The highest BCUT2D eigenvalue weighted by Gasteiger charge is 2.13. The maximum atomic E-state index is 12.0. The minimum absolute atomic E-state index is 0.0674. The van der Waals surface area contributed by atoms with Crippen molar-refractivity contribution in [1.29, 1.82) is 0 Å². The standard InChI is InChI=1S/C17H17N3O5/c1-2-10-25-15-8-6-12(7-9-15)16(21)18-19-17(22)13-4-3-5-14(11-13)20(23)24/h3-9,11H,2,10H2,1H3,(H,18,21)(H,19,22). The van der Waals surface area contributed by atoms with Gasteiger partial charge in [-0.05, 0) is 36.8 Å². The van der Waals surface area contributed by atoms with Gasteiger partial charge in [-0.25, -0.2) is 0 Å². The number of hydrogen-bond acceptors (Lipinski definition) is 5. The second-order valence-electron chi connectivity index (χ2n) is 5.09. The molecule has 2 rings (SSSR count). The largest absolute Gasteiger partial charge is 0.494 e. The second-order valence-corrected chi connectivity index (χ2v) is 5.09. The van der Waals surface area contributed by atoms with E-state index in [4.69, 9.17) is 4.74 Å². The van der Waals surface area contributed by atoms with E-state index in [1.807, 2.05) is 6.92 Å². The number of rotatable bonds is 6. The molecule has 0 radical (unpaired) electrons. The van der Waals surface area contributed by atoms with Crippen molar-refractivity contribution in [2.24, 2.45) is 0 Å². The van der Waals surface area contributed by atoms with E-state index in [2.05, 4.69) is 10.9 Å². The molecule has 0 aliphatic carbocycles. The van der Waals surface area contributed by atoms with Crippen molar-refractivity contribution >= 4 is 17.5 Å². The molecular formula is C17H17N3O5. The van der Waals surface area contributed by atoms with Crippen LogP contribution >= 0.6 is 0 Å². The van der Waals surface area contributed by atoms with Crippen LogP contribution in [0.1, 0.15) is 34.1 Å². The summed E-state index contributed by atoms with van der Waals surface area (Å²) in [5, 5.41) is 10.7. The van der Waals surface area contributed by atoms with Crippen molar-refractivity contribution in [3.63, 3.8) is 0 Å². The molecule has 2 aromatic rings. The fourth-order valence-electron chi connectivity index (χ4n) is 1.94. The molecule has 130 valence electrons. The smallest absolute Gasteiger partial charge is 0.270 e. The molecule has 0 unspecified atom stereocenters. The lowest BCUT2D eigenvalue weighted by molar-refractivity contribution is -0.384. The number of nitrogens with one attached hydrogen (secondary N) is 2. The lowest BCUT2D eigenvalue weighted by Crippen LogP contribution is -2.41. The van der Waals surface area contributed by atoms with Crippen molar-refractivity contribution in [2.75, 3.05) is 6.61 Å². The highest BCUT2D eigenvalue weighted by molar-refractivity contribution is 5.99. The number of nitro benzene ring substituents is 1. The number of benzene rings is 2. The predicted molar refractivity (Wildman–Crippen MR) is 90.3 cm³/mol. The zero-order chi connectivity index (χ0) is 18.2. The molecular weight excluding hydrogens is 326 g/mol. The third kappa shape index (κ3) is 5.03. The average molecular weight is 343 g/mol. The van der Waals surface area contributed by atoms with Gasteiger partial charge in [-0.2, -0.15) is 0 Å². The summed E-state index contributed by atoms with van der Waals surface area (Å²) in [6.45, 7) is 2.58. The van der Waals surface area contributed by atoms with Gasteiger partial charge in [0, 0.05) is 23.3 Å². The Kier molecular flexibility index (Phi) is 6.05. The minimum atomic E-state index is -0.653. The van der Waals surface area contributed by atoms with E-state index < -0.39 is 16.7 Å². The number of non-ortho nitro benzene ring substituents is 1. The number of nitro groups is 1. The number of amides is 2. The number of carbonyl (C=O) groups excluding carboxylic acids is 2. The molecule has 0 bridgehead atoms. The van der Waals surface area contributed by atoms with Crippen LogP contribution in [0.15, 0.2) is 48.5 Å². The van der Waals surface area contributed by atoms with Gasteiger partial charge in [-0.15, -0.1) is 0 Å². The summed E-state index contributed by atoms with van der Waals surface area (Å²) < 4.78 is 5.42. The van der Waals surface area contributed by atoms with E-state index in [0.29, 0.717) is 17.9 Å². The van der Waals surface area contributed by atoms with Gasteiger partial charge in [0.15, 0.2) is 0 Å². The number of carbonyl (C=O) groups is 2. The molecule has 8 nitrogen and oxygen atoms in total. The number of hydrazine groups is 1. The Morgan fingerprint density at radius 3 is 2.28 bits per heavy atom. The maximum absolute atomic E-state index is 12.0. The topological polar surface area (TPSA) is 111 Å². The van der Waals surface area contributed by atoms with Crippen LogP contribution in [0.5, 0.6) is 5.75 Å². The fourth-order valence-corrected chi connectivity index (χ4v) is 1.94. The first kappa shape index (κ1) is 17.9. The summed E-state index contributed by atoms with van der Waals surface area (Å²) in [4.78, 5) is 34.1. The van der Waals surface area contributed by atoms with Gasteiger partial charge in [0.05, 0.1) is 11.5 Å². The van der Waals surface area contributed by atoms with E-state index >= 15 is 0 Å². The summed E-state index contributed by atoms with van der Waals surface area (Å²) in [5.74, 6) is -0.514. The Balaban J connectivity index is 1.94. The molecule has 0 saturated carbocycles. The van der Waals surface area contributed by atoms with Gasteiger partial charge in [0.2, 0.25) is 0 Å². The van der Waals surface area contributed by atoms with Crippen LogP contribution < -0.4 is 15.6 Å². The van der Waals surface area contributed by atoms with Crippen LogP contribution in [0.4, 0.5) is 5.69 Å². The van der Waals surface area contributed by atoms with E-state index in [1.165, 1.54) is 18.2 Å². The van der Waals surface area contributed by atoms with Gasteiger partial charge in [0.25, 0.3) is 17.5 Å². The Morgan fingerprint density at radius 1 is 1.04 bits per heavy atom. The highest BCUT2D eigenvalue weighted by atomic mass is 16.6. The van der Waals surface area contributed by atoms with Gasteiger partial charge < -0.3 is 4.74 Å². The van der Waals surface area contributed by atoms with Crippen molar-refractivity contribution in [2.45, 2.75) is 13.3 Å². The molecule has 8 heteroatoms. The third-order valence-corrected chi connectivity index (χ3v) is 3.20. The zero-order valence-electron chi connectivity index (χ0n) is 13.5. The normalized spacial score (nSPS) is 9.96. The second kappa shape index (κ2) is 8.44. The lowest BCUT2D eigenvalue weighted by atomic mass is 10.2. The molecule has 0 atom stereocenters. The van der Waals surface area contributed by atoms with Crippen LogP contribution in [0.3, 0.4) is 0 Å². The van der Waals surface area contributed by atoms with Crippen LogP contribution in [0, 0.1) is 10.1 Å². The summed E-state index contributed by atoms with van der Waals surface area (Å²) in [5.41, 5.74) is 4.68. The van der Waals surface area contributed by atoms with Crippen molar-refractivity contribution < 1.29 is 19.2 Å². The molecule has 0 saturated heterocycles. The quantitative estimate of drug-likeness (QED) is 0.618. The van der Waals surface area contributed by atoms with E-state index in [1.54, 1.807) is 24.3 Å². The fraction of sp³-hybridized carbons (Fsp3) is 0.176. The Hall–Kier alpha value is -3.42. The van der Waals surface area contributed by atoms with Gasteiger partial charge in [0.1, 0.15) is 5.75 Å². The number of hydrogen-bond donors (Lipinski definition) is 2. The third-order valence-electron chi connectivity index (χ3n) is 3.20. The van der Waals surface area contributed by atoms with Gasteiger partial charge in [-0.1, -0.05) is 13.0 Å². The monoisotopic (exact) mass is 343 g/mol. The first-order valence-electron chi connectivity index (χ1n) is 7.59. The van der Waals surface area contributed by atoms with E-state index in [0.717, 1.165) is 12.5 Å². The molecule has 0 spiro atoms. The highest BCUT2D eigenvalue weighted by Crippen LogP contribution is 2.13. The van der Waals surface area contributed by atoms with Crippen LogP contribution in [-0.2, 0) is 0 Å². The zero-order valence-corrected chi connectivity index (χ0v) is 13.5.